The molecular weight excluding hydrogens is 360 g/mol. The maximum atomic E-state index is 10.9. The summed E-state index contributed by atoms with van der Waals surface area (Å²) in [6.07, 6.45) is 1.48. The van der Waals surface area contributed by atoms with Gasteiger partial charge < -0.3 is 19.7 Å². The fourth-order valence-corrected chi connectivity index (χ4v) is 3.80. The SMILES string of the molecule is CNCC(O)C(c1ccccc1)n1ccc2c(OCc3ccccc3)cccc21. The molecule has 4 heteroatoms. The molecule has 4 rings (SSSR count). The highest BCUT2D eigenvalue weighted by molar-refractivity contribution is 5.86. The van der Waals surface area contributed by atoms with Crippen LogP contribution in [-0.2, 0) is 6.61 Å². The monoisotopic (exact) mass is 386 g/mol. The molecule has 4 nitrogen and oxygen atoms in total. The van der Waals surface area contributed by atoms with Gasteiger partial charge in [-0.1, -0.05) is 66.7 Å². The highest BCUT2D eigenvalue weighted by Crippen LogP contribution is 2.32. The number of rotatable bonds is 8. The topological polar surface area (TPSA) is 46.4 Å². The second kappa shape index (κ2) is 8.95. The van der Waals surface area contributed by atoms with Crippen LogP contribution in [0.3, 0.4) is 0 Å². The lowest BCUT2D eigenvalue weighted by Gasteiger charge is -2.26. The molecule has 0 aliphatic heterocycles. The van der Waals surface area contributed by atoms with Crippen LogP contribution in [0, 0.1) is 0 Å². The summed E-state index contributed by atoms with van der Waals surface area (Å²) in [5.74, 6) is 0.847. The number of nitrogens with one attached hydrogen (secondary N) is 1. The van der Waals surface area contributed by atoms with Crippen molar-refractivity contribution in [2.45, 2.75) is 18.8 Å². The van der Waals surface area contributed by atoms with E-state index in [0.29, 0.717) is 13.2 Å². The fourth-order valence-electron chi connectivity index (χ4n) is 3.80. The summed E-state index contributed by atoms with van der Waals surface area (Å²) in [4.78, 5) is 0. The average Bonchev–Trinajstić information content (AvgIpc) is 3.18. The van der Waals surface area contributed by atoms with Crippen LogP contribution in [0.2, 0.25) is 0 Å². The molecule has 148 valence electrons. The number of hydrogen-bond donors (Lipinski definition) is 2. The van der Waals surface area contributed by atoms with Gasteiger partial charge in [0.25, 0.3) is 0 Å². The third-order valence-electron chi connectivity index (χ3n) is 5.18. The van der Waals surface area contributed by atoms with E-state index in [-0.39, 0.29) is 6.04 Å². The molecule has 0 saturated carbocycles. The molecule has 29 heavy (non-hydrogen) atoms. The number of aromatic nitrogens is 1. The number of fused-ring (bicyclic) bond motifs is 1. The van der Waals surface area contributed by atoms with E-state index >= 15 is 0 Å². The Morgan fingerprint density at radius 1 is 0.897 bits per heavy atom. The number of hydrogen-bond acceptors (Lipinski definition) is 3. The summed E-state index contributed by atoms with van der Waals surface area (Å²) in [5, 5.41) is 15.0. The molecule has 0 amide bonds. The molecule has 0 fully saturated rings. The van der Waals surface area contributed by atoms with Crippen molar-refractivity contribution in [1.82, 2.24) is 9.88 Å². The van der Waals surface area contributed by atoms with Crippen LogP contribution >= 0.6 is 0 Å². The molecule has 2 N–H and O–H groups in total. The van der Waals surface area contributed by atoms with Crippen LogP contribution in [0.15, 0.2) is 91.1 Å². The second-order valence-electron chi connectivity index (χ2n) is 7.17. The molecule has 2 unspecified atom stereocenters. The van der Waals surface area contributed by atoms with Crippen LogP contribution in [0.4, 0.5) is 0 Å². The molecule has 0 aliphatic carbocycles. The minimum atomic E-state index is -0.563. The smallest absolute Gasteiger partial charge is 0.129 e. The van der Waals surface area contributed by atoms with Crippen molar-refractivity contribution >= 4 is 10.9 Å². The Balaban J connectivity index is 1.69. The highest BCUT2D eigenvalue weighted by atomic mass is 16.5. The molecule has 1 aromatic heterocycles. The minimum Gasteiger partial charge on any atom is -0.488 e. The molecule has 0 saturated heterocycles. The van der Waals surface area contributed by atoms with Crippen LogP contribution in [0.1, 0.15) is 17.2 Å². The summed E-state index contributed by atoms with van der Waals surface area (Å²) in [7, 11) is 1.86. The molecular formula is C25H26N2O2. The van der Waals surface area contributed by atoms with Gasteiger partial charge in [-0.25, -0.2) is 0 Å². The van der Waals surface area contributed by atoms with Crippen molar-refractivity contribution in [3.63, 3.8) is 0 Å². The van der Waals surface area contributed by atoms with Crippen molar-refractivity contribution in [2.75, 3.05) is 13.6 Å². The van der Waals surface area contributed by atoms with Crippen molar-refractivity contribution in [2.24, 2.45) is 0 Å². The molecule has 4 aromatic rings. The van der Waals surface area contributed by atoms with E-state index in [1.54, 1.807) is 0 Å². The molecule has 0 radical (unpaired) electrons. The van der Waals surface area contributed by atoms with E-state index in [0.717, 1.165) is 27.8 Å². The predicted octanol–water partition coefficient (Wildman–Crippen LogP) is 4.39. The number of likely N-dealkylation sites (N-methyl/N-ethyl adjacent to an activating group) is 1. The van der Waals surface area contributed by atoms with Gasteiger partial charge in [-0.15, -0.1) is 0 Å². The van der Waals surface area contributed by atoms with E-state index in [1.807, 2.05) is 61.8 Å². The number of aliphatic hydroxyl groups is 1. The number of ether oxygens (including phenoxy) is 1. The molecule has 0 spiro atoms. The number of benzene rings is 3. The van der Waals surface area contributed by atoms with E-state index in [4.69, 9.17) is 4.74 Å². The van der Waals surface area contributed by atoms with Gasteiger partial charge in [0.1, 0.15) is 12.4 Å². The first-order chi connectivity index (χ1) is 14.3. The summed E-state index contributed by atoms with van der Waals surface area (Å²) in [6.45, 7) is 1.03. The van der Waals surface area contributed by atoms with Gasteiger partial charge in [0.2, 0.25) is 0 Å². The first-order valence-corrected chi connectivity index (χ1v) is 9.92. The van der Waals surface area contributed by atoms with Gasteiger partial charge in [-0.2, -0.15) is 0 Å². The Labute approximate surface area is 171 Å². The van der Waals surface area contributed by atoms with Gasteiger partial charge in [-0.3, -0.25) is 0 Å². The largest absolute Gasteiger partial charge is 0.488 e. The van der Waals surface area contributed by atoms with Crippen molar-refractivity contribution in [3.8, 4) is 5.75 Å². The van der Waals surface area contributed by atoms with Crippen molar-refractivity contribution in [3.05, 3.63) is 102 Å². The highest BCUT2D eigenvalue weighted by Gasteiger charge is 2.24. The molecule has 1 heterocycles. The second-order valence-corrected chi connectivity index (χ2v) is 7.17. The van der Waals surface area contributed by atoms with Crippen LogP contribution in [-0.4, -0.2) is 29.4 Å². The number of aliphatic hydroxyl groups excluding tert-OH is 1. The predicted molar refractivity (Wildman–Crippen MR) is 117 cm³/mol. The quantitative estimate of drug-likeness (QED) is 0.472. The van der Waals surface area contributed by atoms with Crippen LogP contribution < -0.4 is 10.1 Å². The van der Waals surface area contributed by atoms with E-state index in [9.17, 15) is 5.11 Å². The summed E-state index contributed by atoms with van der Waals surface area (Å²) in [5.41, 5.74) is 3.25. The Hall–Kier alpha value is -3.08. The van der Waals surface area contributed by atoms with Crippen molar-refractivity contribution in [1.29, 1.82) is 0 Å². The van der Waals surface area contributed by atoms with E-state index in [2.05, 4.69) is 46.3 Å². The van der Waals surface area contributed by atoms with Gasteiger partial charge >= 0.3 is 0 Å². The zero-order chi connectivity index (χ0) is 20.1. The van der Waals surface area contributed by atoms with Crippen LogP contribution in [0.25, 0.3) is 10.9 Å². The van der Waals surface area contributed by atoms with Gasteiger partial charge in [0.05, 0.1) is 17.7 Å². The Morgan fingerprint density at radius 3 is 2.34 bits per heavy atom. The van der Waals surface area contributed by atoms with Gasteiger partial charge in [0.15, 0.2) is 0 Å². The fraction of sp³-hybridized carbons (Fsp3) is 0.200. The third-order valence-corrected chi connectivity index (χ3v) is 5.18. The Bertz CT molecular complexity index is 1040. The lowest BCUT2D eigenvalue weighted by molar-refractivity contribution is 0.132. The zero-order valence-corrected chi connectivity index (χ0v) is 16.5. The standard InChI is InChI=1S/C25H26N2O2/c1-26-17-23(28)25(20-11-6-3-7-12-20)27-16-15-21-22(27)13-8-14-24(21)29-18-19-9-4-2-5-10-19/h2-16,23,25-26,28H,17-18H2,1H3. The summed E-state index contributed by atoms with van der Waals surface area (Å²) < 4.78 is 8.26. The number of nitrogens with zero attached hydrogens (tertiary/aromatic N) is 1. The zero-order valence-electron chi connectivity index (χ0n) is 16.5. The Morgan fingerprint density at radius 2 is 1.62 bits per heavy atom. The average molecular weight is 386 g/mol. The lowest BCUT2D eigenvalue weighted by Crippen LogP contribution is -2.33. The van der Waals surface area contributed by atoms with E-state index < -0.39 is 6.10 Å². The minimum absolute atomic E-state index is 0.189. The third kappa shape index (κ3) is 4.19. The summed E-state index contributed by atoms with van der Waals surface area (Å²) >= 11 is 0. The molecule has 3 aromatic carbocycles. The van der Waals surface area contributed by atoms with Crippen LogP contribution in [0.5, 0.6) is 5.75 Å². The molecule has 0 bridgehead atoms. The van der Waals surface area contributed by atoms with Crippen molar-refractivity contribution < 1.29 is 9.84 Å². The summed E-state index contributed by atoms with van der Waals surface area (Å²) in [6, 6.07) is 28.2. The Kier molecular flexibility index (Phi) is 5.94. The van der Waals surface area contributed by atoms with Gasteiger partial charge in [-0.05, 0) is 36.4 Å². The molecule has 2 atom stereocenters. The maximum absolute atomic E-state index is 10.9. The maximum Gasteiger partial charge on any atom is 0.129 e. The van der Waals surface area contributed by atoms with E-state index in [1.165, 1.54) is 0 Å². The first-order valence-electron chi connectivity index (χ1n) is 9.92. The normalized spacial score (nSPS) is 13.3. The molecule has 0 aliphatic rings. The van der Waals surface area contributed by atoms with Gasteiger partial charge in [0, 0.05) is 18.1 Å². The first kappa shape index (κ1) is 19.2. The lowest BCUT2D eigenvalue weighted by atomic mass is 10.0.